The van der Waals surface area contributed by atoms with Gasteiger partial charge in [0.25, 0.3) is 0 Å². The molecule has 106 valence electrons. The first-order valence-corrected chi connectivity index (χ1v) is 6.64. The van der Waals surface area contributed by atoms with E-state index in [1.807, 2.05) is 0 Å². The number of carbonyl (C=O) groups is 2. The van der Waals surface area contributed by atoms with Gasteiger partial charge in [-0.15, -0.1) is 0 Å². The highest BCUT2D eigenvalue weighted by atomic mass is 79.9. The maximum Gasteiger partial charge on any atom is 0.338 e. The summed E-state index contributed by atoms with van der Waals surface area (Å²) < 4.78 is 9.12. The van der Waals surface area contributed by atoms with Crippen LogP contribution in [0.25, 0.3) is 4.85 Å². The van der Waals surface area contributed by atoms with Crippen LogP contribution in [0.5, 0.6) is 0 Å². The van der Waals surface area contributed by atoms with Gasteiger partial charge in [-0.25, -0.2) is 9.64 Å². The molecule has 0 saturated carbocycles. The summed E-state index contributed by atoms with van der Waals surface area (Å²) in [6.45, 7) is 10.1. The molecule has 0 bridgehead atoms. The summed E-state index contributed by atoms with van der Waals surface area (Å²) in [4.78, 5) is 26.3. The molecule has 1 aromatic rings. The van der Waals surface area contributed by atoms with Gasteiger partial charge in [0.15, 0.2) is 5.69 Å². The van der Waals surface area contributed by atoms with Crippen LogP contribution in [0, 0.1) is 6.57 Å². The Kier molecular flexibility index (Phi) is 5.71. The zero-order valence-electron chi connectivity index (χ0n) is 11.2. The molecule has 0 saturated heterocycles. The Morgan fingerprint density at radius 3 is 2.25 bits per heavy atom. The van der Waals surface area contributed by atoms with Gasteiger partial charge in [0.2, 0.25) is 0 Å². The highest BCUT2D eigenvalue weighted by molar-refractivity contribution is 9.10. The first-order chi connectivity index (χ1) is 9.34. The largest absolute Gasteiger partial charge is 0.461 e. The minimum atomic E-state index is -0.757. The van der Waals surface area contributed by atoms with Gasteiger partial charge in [0.1, 0.15) is 17.5 Å². The van der Waals surface area contributed by atoms with E-state index in [9.17, 15) is 9.59 Å². The average Bonchev–Trinajstić information content (AvgIpc) is 2.42. The summed E-state index contributed by atoms with van der Waals surface area (Å²) in [7, 11) is 0. The highest BCUT2D eigenvalue weighted by Crippen LogP contribution is 2.17. The van der Waals surface area contributed by atoms with Crippen molar-refractivity contribution >= 4 is 33.6 Å². The molecule has 0 radical (unpaired) electrons. The van der Waals surface area contributed by atoms with Crippen molar-refractivity contribution in [1.82, 2.24) is 0 Å². The zero-order valence-corrected chi connectivity index (χ0v) is 12.8. The van der Waals surface area contributed by atoms with Crippen molar-refractivity contribution in [2.24, 2.45) is 0 Å². The SMILES string of the molecule is [C-]#[N+]c1ccc(C(=O)OCCOC(=O)C(C)(C)Br)cc1. The van der Waals surface area contributed by atoms with E-state index < -0.39 is 16.3 Å². The van der Waals surface area contributed by atoms with E-state index in [0.29, 0.717) is 11.3 Å². The number of rotatable bonds is 5. The second kappa shape index (κ2) is 7.06. The van der Waals surface area contributed by atoms with Crippen LogP contribution in [-0.2, 0) is 14.3 Å². The van der Waals surface area contributed by atoms with Crippen LogP contribution in [0.15, 0.2) is 24.3 Å². The van der Waals surface area contributed by atoms with E-state index in [1.165, 1.54) is 24.3 Å². The molecule has 1 rings (SSSR count). The van der Waals surface area contributed by atoms with E-state index in [0.717, 1.165) is 0 Å². The van der Waals surface area contributed by atoms with Crippen molar-refractivity contribution in [3.05, 3.63) is 41.2 Å². The van der Waals surface area contributed by atoms with Crippen LogP contribution in [0.1, 0.15) is 24.2 Å². The minimum absolute atomic E-state index is 0.000258. The van der Waals surface area contributed by atoms with Gasteiger partial charge in [-0.3, -0.25) is 4.79 Å². The van der Waals surface area contributed by atoms with Crippen LogP contribution in [0.3, 0.4) is 0 Å². The van der Waals surface area contributed by atoms with Crippen LogP contribution in [0.4, 0.5) is 5.69 Å². The molecule has 6 heteroatoms. The summed E-state index contributed by atoms with van der Waals surface area (Å²) in [5.74, 6) is -0.939. The predicted molar refractivity (Wildman–Crippen MR) is 77.0 cm³/mol. The number of hydrogen-bond donors (Lipinski definition) is 0. The van der Waals surface area contributed by atoms with E-state index in [2.05, 4.69) is 20.8 Å². The number of alkyl halides is 1. The summed E-state index contributed by atoms with van der Waals surface area (Å²) in [6.07, 6.45) is 0. The van der Waals surface area contributed by atoms with Gasteiger partial charge in [-0.2, -0.15) is 0 Å². The van der Waals surface area contributed by atoms with Crippen molar-refractivity contribution in [3.8, 4) is 0 Å². The Hall–Kier alpha value is -1.87. The lowest BCUT2D eigenvalue weighted by Gasteiger charge is -2.14. The molecule has 0 N–H and O–H groups in total. The topological polar surface area (TPSA) is 57.0 Å². The van der Waals surface area contributed by atoms with Gasteiger partial charge in [0.05, 0.1) is 12.1 Å². The lowest BCUT2D eigenvalue weighted by molar-refractivity contribution is -0.146. The molecule has 1 aromatic carbocycles. The number of carbonyl (C=O) groups excluding carboxylic acids is 2. The Morgan fingerprint density at radius 2 is 1.75 bits per heavy atom. The number of halogens is 1. The second-order valence-electron chi connectivity index (χ2n) is 4.40. The maximum atomic E-state index is 11.6. The molecule has 0 aliphatic rings. The van der Waals surface area contributed by atoms with Gasteiger partial charge in [-0.1, -0.05) is 40.2 Å². The molecule has 5 nitrogen and oxygen atoms in total. The molecule has 0 heterocycles. The minimum Gasteiger partial charge on any atom is -0.461 e. The van der Waals surface area contributed by atoms with Crippen molar-refractivity contribution in [2.75, 3.05) is 13.2 Å². The van der Waals surface area contributed by atoms with Crippen molar-refractivity contribution in [3.63, 3.8) is 0 Å². The van der Waals surface area contributed by atoms with Gasteiger partial charge < -0.3 is 9.47 Å². The Morgan fingerprint density at radius 1 is 1.20 bits per heavy atom. The smallest absolute Gasteiger partial charge is 0.338 e. The fourth-order valence-corrected chi connectivity index (χ4v) is 1.31. The summed E-state index contributed by atoms with van der Waals surface area (Å²) in [5, 5.41) is 0. The lowest BCUT2D eigenvalue weighted by Crippen LogP contribution is -2.28. The van der Waals surface area contributed by atoms with E-state index in [4.69, 9.17) is 16.0 Å². The van der Waals surface area contributed by atoms with Crippen molar-refractivity contribution in [2.45, 2.75) is 18.2 Å². The standard InChI is InChI=1S/C14H14BrNO4/c1-14(2,15)13(18)20-9-8-19-12(17)10-4-6-11(16-3)7-5-10/h4-7H,8-9H2,1-2H3. The molecule has 20 heavy (non-hydrogen) atoms. The summed E-state index contributed by atoms with van der Waals surface area (Å²) >= 11 is 3.17. The highest BCUT2D eigenvalue weighted by Gasteiger charge is 2.25. The Balaban J connectivity index is 2.37. The normalized spacial score (nSPS) is 10.5. The van der Waals surface area contributed by atoms with Gasteiger partial charge in [0, 0.05) is 0 Å². The third-order valence-corrected chi connectivity index (χ3v) is 2.59. The first-order valence-electron chi connectivity index (χ1n) is 5.85. The molecule has 0 unspecified atom stereocenters. The number of hydrogen-bond acceptors (Lipinski definition) is 4. The fraction of sp³-hybridized carbons (Fsp3) is 0.357. The molecule has 0 aliphatic heterocycles. The molecule has 0 amide bonds. The summed E-state index contributed by atoms with van der Waals surface area (Å²) in [5.41, 5.74) is 0.805. The lowest BCUT2D eigenvalue weighted by atomic mass is 10.2. The molecular formula is C14H14BrNO4. The number of esters is 2. The molecule has 0 fully saturated rings. The maximum absolute atomic E-state index is 11.6. The average molecular weight is 340 g/mol. The first kappa shape index (κ1) is 16.2. The van der Waals surface area contributed by atoms with Crippen LogP contribution in [0.2, 0.25) is 0 Å². The molecule has 0 atom stereocenters. The molecule has 0 spiro atoms. The number of nitrogens with zero attached hydrogens (tertiary/aromatic N) is 1. The van der Waals surface area contributed by atoms with Crippen LogP contribution >= 0.6 is 15.9 Å². The van der Waals surface area contributed by atoms with E-state index in [1.54, 1.807) is 13.8 Å². The Labute approximate surface area is 125 Å². The van der Waals surface area contributed by atoms with E-state index in [-0.39, 0.29) is 13.2 Å². The summed E-state index contributed by atoms with van der Waals surface area (Å²) in [6, 6.07) is 6.11. The third kappa shape index (κ3) is 5.02. The molecular weight excluding hydrogens is 326 g/mol. The molecule has 0 aromatic heterocycles. The number of benzene rings is 1. The van der Waals surface area contributed by atoms with Crippen LogP contribution in [-0.4, -0.2) is 29.5 Å². The quantitative estimate of drug-likeness (QED) is 0.358. The van der Waals surface area contributed by atoms with Crippen LogP contribution < -0.4 is 0 Å². The second-order valence-corrected chi connectivity index (χ2v) is 6.39. The molecule has 0 aliphatic carbocycles. The number of ether oxygens (including phenoxy) is 2. The van der Waals surface area contributed by atoms with Gasteiger partial charge >= 0.3 is 11.9 Å². The van der Waals surface area contributed by atoms with Crippen molar-refractivity contribution < 1.29 is 19.1 Å². The predicted octanol–water partition coefficient (Wildman–Crippen LogP) is 3.11. The van der Waals surface area contributed by atoms with Gasteiger partial charge in [-0.05, 0) is 13.8 Å². The Bertz CT molecular complexity index is 526. The monoisotopic (exact) mass is 339 g/mol. The fourth-order valence-electron chi connectivity index (χ4n) is 1.20. The van der Waals surface area contributed by atoms with E-state index >= 15 is 0 Å². The van der Waals surface area contributed by atoms with Crippen molar-refractivity contribution in [1.29, 1.82) is 0 Å². The zero-order chi connectivity index (χ0) is 15.2. The third-order valence-electron chi connectivity index (χ3n) is 2.27.